The quantitative estimate of drug-likeness (QED) is 0.845. The Kier molecular flexibility index (Phi) is 3.71. The molecule has 8 nitrogen and oxygen atoms in total. The summed E-state index contributed by atoms with van der Waals surface area (Å²) in [7, 11) is -2.04. The number of hydrogen-bond donors (Lipinski definition) is 2. The van der Waals surface area contributed by atoms with Crippen molar-refractivity contribution in [2.45, 2.75) is 31.7 Å². The van der Waals surface area contributed by atoms with E-state index >= 15 is 0 Å². The number of nitrogens with two attached hydrogens (primary N) is 1. The van der Waals surface area contributed by atoms with E-state index in [2.05, 4.69) is 14.9 Å². The van der Waals surface area contributed by atoms with Crippen LogP contribution < -0.4 is 10.5 Å². The van der Waals surface area contributed by atoms with Gasteiger partial charge in [0.1, 0.15) is 4.90 Å². The normalized spacial score (nSPS) is 11.8. The minimum atomic E-state index is -3.76. The zero-order chi connectivity index (χ0) is 14.9. The summed E-state index contributed by atoms with van der Waals surface area (Å²) in [4.78, 5) is -0.0193. The highest BCUT2D eigenvalue weighted by Crippen LogP contribution is 2.22. The number of sulfonamides is 1. The molecule has 0 saturated carbocycles. The van der Waals surface area contributed by atoms with Crippen molar-refractivity contribution in [2.75, 3.05) is 10.5 Å². The highest BCUT2D eigenvalue weighted by atomic mass is 32.2. The maximum Gasteiger partial charge on any atom is 0.267 e. The van der Waals surface area contributed by atoms with Gasteiger partial charge in [-0.3, -0.25) is 14.1 Å². The average Bonchev–Trinajstić information content (AvgIpc) is 2.83. The summed E-state index contributed by atoms with van der Waals surface area (Å²) in [6.07, 6.45) is 3.88. The van der Waals surface area contributed by atoms with Crippen LogP contribution in [0.5, 0.6) is 0 Å². The van der Waals surface area contributed by atoms with Gasteiger partial charge in [-0.2, -0.15) is 10.2 Å². The van der Waals surface area contributed by atoms with Gasteiger partial charge in [0.25, 0.3) is 10.0 Å². The van der Waals surface area contributed by atoms with Crippen LogP contribution in [0.3, 0.4) is 0 Å². The third-order valence-electron chi connectivity index (χ3n) is 2.75. The van der Waals surface area contributed by atoms with Crippen LogP contribution in [0, 0.1) is 6.92 Å². The number of hydrogen-bond acceptors (Lipinski definition) is 5. The number of aryl methyl sites for hydroxylation is 3. The molecule has 110 valence electrons. The van der Waals surface area contributed by atoms with Crippen LogP contribution in [0.25, 0.3) is 0 Å². The number of aromatic nitrogens is 4. The van der Waals surface area contributed by atoms with E-state index in [-0.39, 0.29) is 10.7 Å². The Bertz CT molecular complexity index is 715. The molecule has 0 aliphatic rings. The van der Waals surface area contributed by atoms with Gasteiger partial charge in [-0.05, 0) is 13.3 Å². The molecule has 9 heteroatoms. The minimum Gasteiger partial charge on any atom is -0.381 e. The van der Waals surface area contributed by atoms with E-state index in [1.54, 1.807) is 20.2 Å². The predicted molar refractivity (Wildman–Crippen MR) is 75.7 cm³/mol. The van der Waals surface area contributed by atoms with Gasteiger partial charge in [0, 0.05) is 26.0 Å². The lowest BCUT2D eigenvalue weighted by molar-refractivity contribution is 0.595. The first kappa shape index (κ1) is 14.4. The predicted octanol–water partition coefficient (Wildman–Crippen LogP) is 0.718. The number of rotatable bonds is 5. The van der Waals surface area contributed by atoms with E-state index in [0.29, 0.717) is 17.9 Å². The van der Waals surface area contributed by atoms with Crippen LogP contribution >= 0.6 is 0 Å². The molecule has 0 atom stereocenters. The zero-order valence-corrected chi connectivity index (χ0v) is 12.5. The maximum atomic E-state index is 12.3. The van der Waals surface area contributed by atoms with E-state index in [4.69, 9.17) is 5.73 Å². The lowest BCUT2D eigenvalue weighted by atomic mass is 10.4. The molecule has 2 rings (SSSR count). The van der Waals surface area contributed by atoms with E-state index in [1.165, 1.54) is 15.6 Å². The number of nitrogens with one attached hydrogen (secondary N) is 1. The van der Waals surface area contributed by atoms with Gasteiger partial charge in [-0.1, -0.05) is 6.92 Å². The van der Waals surface area contributed by atoms with Crippen molar-refractivity contribution in [1.29, 1.82) is 0 Å². The summed E-state index contributed by atoms with van der Waals surface area (Å²) < 4.78 is 30.2. The molecule has 0 aromatic carbocycles. The van der Waals surface area contributed by atoms with Crippen molar-refractivity contribution in [3.05, 3.63) is 18.1 Å². The van der Waals surface area contributed by atoms with E-state index in [1.807, 2.05) is 6.92 Å². The van der Waals surface area contributed by atoms with Gasteiger partial charge in [0.15, 0.2) is 5.82 Å². The summed E-state index contributed by atoms with van der Waals surface area (Å²) in [6.45, 7) is 4.32. The first-order valence-electron chi connectivity index (χ1n) is 6.19. The molecule has 2 aromatic rings. The lowest BCUT2D eigenvalue weighted by Gasteiger charge is -2.04. The first-order valence-corrected chi connectivity index (χ1v) is 7.67. The Morgan fingerprint density at radius 2 is 2.05 bits per heavy atom. The van der Waals surface area contributed by atoms with Crippen molar-refractivity contribution in [3.8, 4) is 0 Å². The third kappa shape index (κ3) is 2.77. The topological polar surface area (TPSA) is 108 Å². The van der Waals surface area contributed by atoms with Gasteiger partial charge in [-0.15, -0.1) is 0 Å². The number of nitrogens with zero attached hydrogens (tertiary/aromatic N) is 4. The molecule has 0 aliphatic carbocycles. The average molecular weight is 298 g/mol. The molecule has 0 bridgehead atoms. The van der Waals surface area contributed by atoms with Crippen LogP contribution in [0.1, 0.15) is 19.0 Å². The fourth-order valence-corrected chi connectivity index (χ4v) is 3.04. The van der Waals surface area contributed by atoms with Crippen LogP contribution in [-0.4, -0.2) is 28.0 Å². The molecular weight excluding hydrogens is 280 g/mol. The van der Waals surface area contributed by atoms with Crippen molar-refractivity contribution in [2.24, 2.45) is 7.05 Å². The highest BCUT2D eigenvalue weighted by Gasteiger charge is 2.22. The Morgan fingerprint density at radius 3 is 2.60 bits per heavy atom. The Labute approximate surface area is 117 Å². The molecule has 2 heterocycles. The van der Waals surface area contributed by atoms with Crippen molar-refractivity contribution in [3.63, 3.8) is 0 Å². The fraction of sp³-hybridized carbons (Fsp3) is 0.455. The summed E-state index contributed by atoms with van der Waals surface area (Å²) in [5, 5.41) is 8.07. The SMILES string of the molecule is CCCn1cc(S(=O)(=O)Nc2cn(C)nc2C)c(N)n1. The van der Waals surface area contributed by atoms with Crippen LogP contribution in [-0.2, 0) is 23.6 Å². The molecule has 20 heavy (non-hydrogen) atoms. The van der Waals surface area contributed by atoms with Crippen molar-refractivity contribution in [1.82, 2.24) is 19.6 Å². The van der Waals surface area contributed by atoms with Gasteiger partial charge in [0.2, 0.25) is 0 Å². The second-order valence-electron chi connectivity index (χ2n) is 4.55. The number of nitrogen functional groups attached to an aromatic ring is 1. The first-order chi connectivity index (χ1) is 9.33. The van der Waals surface area contributed by atoms with Crippen LogP contribution in [0.4, 0.5) is 11.5 Å². The molecule has 0 fully saturated rings. The van der Waals surface area contributed by atoms with Crippen LogP contribution in [0.15, 0.2) is 17.3 Å². The number of anilines is 2. The second-order valence-corrected chi connectivity index (χ2v) is 6.20. The third-order valence-corrected chi connectivity index (χ3v) is 4.14. The standard InChI is InChI=1S/C11H18N6O2S/c1-4-5-17-7-10(11(12)14-17)20(18,19)15-9-6-16(3)13-8(9)2/h6-7,15H,4-5H2,1-3H3,(H2,12,14). The molecule has 0 aliphatic heterocycles. The summed E-state index contributed by atoms with van der Waals surface area (Å²) in [5.74, 6) is -0.00695. The van der Waals surface area contributed by atoms with E-state index in [9.17, 15) is 8.42 Å². The largest absolute Gasteiger partial charge is 0.381 e. The molecule has 0 spiro atoms. The highest BCUT2D eigenvalue weighted by molar-refractivity contribution is 7.92. The summed E-state index contributed by atoms with van der Waals surface area (Å²) in [5.41, 5.74) is 6.70. The van der Waals surface area contributed by atoms with Gasteiger partial charge in [-0.25, -0.2) is 8.42 Å². The van der Waals surface area contributed by atoms with Gasteiger partial charge < -0.3 is 5.73 Å². The molecule has 0 amide bonds. The Hall–Kier alpha value is -2.03. The van der Waals surface area contributed by atoms with Crippen molar-refractivity contribution >= 4 is 21.5 Å². The Morgan fingerprint density at radius 1 is 1.35 bits per heavy atom. The summed E-state index contributed by atoms with van der Waals surface area (Å²) in [6, 6.07) is 0. The van der Waals surface area contributed by atoms with E-state index < -0.39 is 10.0 Å². The van der Waals surface area contributed by atoms with Crippen molar-refractivity contribution < 1.29 is 8.42 Å². The smallest absolute Gasteiger partial charge is 0.267 e. The minimum absolute atomic E-state index is 0.00695. The zero-order valence-electron chi connectivity index (χ0n) is 11.7. The summed E-state index contributed by atoms with van der Waals surface area (Å²) >= 11 is 0. The van der Waals surface area contributed by atoms with Gasteiger partial charge in [0.05, 0.1) is 11.4 Å². The second kappa shape index (κ2) is 5.16. The monoisotopic (exact) mass is 298 g/mol. The maximum absolute atomic E-state index is 12.3. The Balaban J connectivity index is 2.33. The fourth-order valence-electron chi connectivity index (χ4n) is 1.87. The van der Waals surface area contributed by atoms with E-state index in [0.717, 1.165) is 6.42 Å². The molecule has 2 aromatic heterocycles. The molecular formula is C11H18N6O2S. The molecule has 0 unspecified atom stereocenters. The molecule has 0 radical (unpaired) electrons. The van der Waals surface area contributed by atoms with Crippen LogP contribution in [0.2, 0.25) is 0 Å². The molecule has 0 saturated heterocycles. The van der Waals surface area contributed by atoms with Gasteiger partial charge >= 0.3 is 0 Å². The molecule has 3 N–H and O–H groups in total. The lowest BCUT2D eigenvalue weighted by Crippen LogP contribution is -2.14.